The van der Waals surface area contributed by atoms with Crippen LogP contribution in [0.5, 0.6) is 5.75 Å². The fraction of sp³-hybridized carbons (Fsp3) is 0.647. The van der Waals surface area contributed by atoms with Crippen LogP contribution in [0.3, 0.4) is 0 Å². The molecule has 2 aliphatic heterocycles. The van der Waals surface area contributed by atoms with Crippen LogP contribution in [-0.2, 0) is 0 Å². The van der Waals surface area contributed by atoms with Crippen LogP contribution in [0.2, 0.25) is 0 Å². The molecule has 0 aromatic heterocycles. The van der Waals surface area contributed by atoms with E-state index in [1.807, 2.05) is 6.07 Å². The zero-order valence-corrected chi connectivity index (χ0v) is 13.2. The van der Waals surface area contributed by atoms with Gasteiger partial charge in [0.1, 0.15) is 5.75 Å². The summed E-state index contributed by atoms with van der Waals surface area (Å²) in [5.74, 6) is 0.915. The van der Waals surface area contributed by atoms with Gasteiger partial charge in [0.2, 0.25) is 0 Å². The second kappa shape index (κ2) is 6.34. The molecule has 4 heteroatoms. The Hall–Kier alpha value is -1.10. The van der Waals surface area contributed by atoms with Gasteiger partial charge in [-0.2, -0.15) is 0 Å². The molecule has 2 N–H and O–H groups in total. The molecule has 21 heavy (non-hydrogen) atoms. The normalized spacial score (nSPS) is 28.3. The Balaban J connectivity index is 1.81. The number of rotatable bonds is 4. The zero-order valence-electron chi connectivity index (χ0n) is 13.2. The van der Waals surface area contributed by atoms with E-state index in [4.69, 9.17) is 10.5 Å². The smallest absolute Gasteiger partial charge is 0.119 e. The van der Waals surface area contributed by atoms with Crippen LogP contribution in [-0.4, -0.2) is 55.2 Å². The third-order valence-electron chi connectivity index (χ3n) is 5.09. The maximum absolute atomic E-state index is 6.13. The molecule has 1 aromatic rings. The molecule has 0 saturated carbocycles. The van der Waals surface area contributed by atoms with Crippen LogP contribution in [0.15, 0.2) is 24.3 Å². The average molecular weight is 289 g/mol. The lowest BCUT2D eigenvalue weighted by atomic mass is 9.99. The molecule has 2 fully saturated rings. The fourth-order valence-electron chi connectivity index (χ4n) is 3.96. The van der Waals surface area contributed by atoms with E-state index in [1.165, 1.54) is 31.5 Å². The van der Waals surface area contributed by atoms with E-state index in [-0.39, 0.29) is 6.04 Å². The van der Waals surface area contributed by atoms with Crippen molar-refractivity contribution in [3.8, 4) is 5.75 Å². The highest BCUT2D eigenvalue weighted by Crippen LogP contribution is 2.31. The van der Waals surface area contributed by atoms with Crippen LogP contribution in [0, 0.1) is 0 Å². The third-order valence-corrected chi connectivity index (χ3v) is 5.09. The van der Waals surface area contributed by atoms with Crippen LogP contribution in [0.1, 0.15) is 31.4 Å². The summed E-state index contributed by atoms with van der Waals surface area (Å²) in [6.45, 7) is 6.57. The first-order valence-electron chi connectivity index (χ1n) is 8.06. The lowest BCUT2D eigenvalue weighted by Gasteiger charge is -2.46. The van der Waals surface area contributed by atoms with Gasteiger partial charge in [0.05, 0.1) is 7.11 Å². The summed E-state index contributed by atoms with van der Waals surface area (Å²) in [5.41, 5.74) is 7.40. The summed E-state index contributed by atoms with van der Waals surface area (Å²) in [7, 11) is 1.72. The third kappa shape index (κ3) is 2.93. The Labute approximate surface area is 127 Å². The number of nitrogens with two attached hydrogens (primary N) is 1. The number of fused-ring (bicyclic) bond motifs is 1. The fourth-order valence-corrected chi connectivity index (χ4v) is 3.96. The Morgan fingerprint density at radius 2 is 2.24 bits per heavy atom. The Bertz CT molecular complexity index is 479. The molecule has 0 aliphatic carbocycles. The molecule has 1 aromatic carbocycles. The molecular weight excluding hydrogens is 262 g/mol. The number of ether oxygens (including phenoxy) is 1. The van der Waals surface area contributed by atoms with Crippen molar-refractivity contribution in [1.29, 1.82) is 0 Å². The van der Waals surface area contributed by atoms with Crippen molar-refractivity contribution in [2.45, 2.75) is 37.9 Å². The van der Waals surface area contributed by atoms with Gasteiger partial charge in [-0.05, 0) is 44.0 Å². The van der Waals surface area contributed by atoms with Crippen LogP contribution in [0.4, 0.5) is 0 Å². The lowest BCUT2D eigenvalue weighted by Crippen LogP contribution is -2.56. The van der Waals surface area contributed by atoms with Gasteiger partial charge in [0, 0.05) is 37.8 Å². The Kier molecular flexibility index (Phi) is 4.48. The van der Waals surface area contributed by atoms with Crippen molar-refractivity contribution in [3.63, 3.8) is 0 Å². The Morgan fingerprint density at radius 3 is 3.00 bits per heavy atom. The molecule has 3 unspecified atom stereocenters. The first-order valence-corrected chi connectivity index (χ1v) is 8.06. The number of hydrogen-bond donors (Lipinski definition) is 1. The summed E-state index contributed by atoms with van der Waals surface area (Å²) >= 11 is 0. The van der Waals surface area contributed by atoms with Gasteiger partial charge in [0.15, 0.2) is 0 Å². The van der Waals surface area contributed by atoms with Gasteiger partial charge < -0.3 is 10.5 Å². The standard InChI is InChI=1S/C17H27N3O/c1-13-11-19-8-4-6-15(19)12-20(13)17(10-18)14-5-3-7-16(9-14)21-2/h3,5,7,9,13,15,17H,4,6,8,10-12,18H2,1-2H3. The highest BCUT2D eigenvalue weighted by molar-refractivity contribution is 5.31. The number of piperazine rings is 1. The molecule has 0 spiro atoms. The van der Waals surface area contributed by atoms with Gasteiger partial charge in [-0.25, -0.2) is 0 Å². The number of benzene rings is 1. The SMILES string of the molecule is COc1cccc(C(CN)N2CC3CCCN3CC2C)c1. The van der Waals surface area contributed by atoms with Gasteiger partial charge in [0.25, 0.3) is 0 Å². The first-order chi connectivity index (χ1) is 10.2. The van der Waals surface area contributed by atoms with E-state index in [0.717, 1.165) is 18.3 Å². The predicted molar refractivity (Wildman–Crippen MR) is 85.6 cm³/mol. The molecule has 3 atom stereocenters. The van der Waals surface area contributed by atoms with Gasteiger partial charge >= 0.3 is 0 Å². The topological polar surface area (TPSA) is 41.7 Å². The van der Waals surface area contributed by atoms with Gasteiger partial charge in [-0.15, -0.1) is 0 Å². The molecular formula is C17H27N3O. The summed E-state index contributed by atoms with van der Waals surface area (Å²) in [5, 5.41) is 0. The van der Waals surface area contributed by atoms with E-state index in [1.54, 1.807) is 7.11 Å². The predicted octanol–water partition coefficient (Wildman–Crippen LogP) is 1.86. The molecule has 2 heterocycles. The summed E-state index contributed by atoms with van der Waals surface area (Å²) < 4.78 is 5.37. The minimum Gasteiger partial charge on any atom is -0.497 e. The summed E-state index contributed by atoms with van der Waals surface area (Å²) in [4.78, 5) is 5.25. The van der Waals surface area contributed by atoms with Crippen molar-refractivity contribution in [2.75, 3.05) is 33.3 Å². The maximum atomic E-state index is 6.13. The molecule has 0 amide bonds. The summed E-state index contributed by atoms with van der Waals surface area (Å²) in [6, 6.07) is 9.93. The average Bonchev–Trinajstić information content (AvgIpc) is 2.95. The van der Waals surface area contributed by atoms with Crippen LogP contribution >= 0.6 is 0 Å². The monoisotopic (exact) mass is 289 g/mol. The van der Waals surface area contributed by atoms with Gasteiger partial charge in [-0.1, -0.05) is 12.1 Å². The largest absolute Gasteiger partial charge is 0.497 e. The van der Waals surface area contributed by atoms with Crippen molar-refractivity contribution in [2.24, 2.45) is 5.73 Å². The molecule has 2 aliphatic rings. The van der Waals surface area contributed by atoms with Crippen molar-refractivity contribution < 1.29 is 4.74 Å². The second-order valence-corrected chi connectivity index (χ2v) is 6.36. The number of methoxy groups -OCH3 is 1. The molecule has 116 valence electrons. The van der Waals surface area contributed by atoms with Crippen molar-refractivity contribution in [1.82, 2.24) is 9.80 Å². The highest BCUT2D eigenvalue weighted by atomic mass is 16.5. The maximum Gasteiger partial charge on any atom is 0.119 e. The van der Waals surface area contributed by atoms with E-state index >= 15 is 0 Å². The van der Waals surface area contributed by atoms with E-state index in [0.29, 0.717) is 12.6 Å². The van der Waals surface area contributed by atoms with E-state index in [2.05, 4.69) is 34.9 Å². The minimum absolute atomic E-state index is 0.290. The van der Waals surface area contributed by atoms with Crippen LogP contribution in [0.25, 0.3) is 0 Å². The minimum atomic E-state index is 0.290. The number of hydrogen-bond acceptors (Lipinski definition) is 4. The molecule has 0 radical (unpaired) electrons. The van der Waals surface area contributed by atoms with Crippen molar-refractivity contribution in [3.05, 3.63) is 29.8 Å². The highest BCUT2D eigenvalue weighted by Gasteiger charge is 2.37. The Morgan fingerprint density at radius 1 is 1.38 bits per heavy atom. The lowest BCUT2D eigenvalue weighted by molar-refractivity contribution is 0.0296. The van der Waals surface area contributed by atoms with E-state index < -0.39 is 0 Å². The van der Waals surface area contributed by atoms with Crippen molar-refractivity contribution >= 4 is 0 Å². The molecule has 2 saturated heterocycles. The quantitative estimate of drug-likeness (QED) is 0.919. The summed E-state index contributed by atoms with van der Waals surface area (Å²) in [6.07, 6.45) is 2.68. The molecule has 4 nitrogen and oxygen atoms in total. The second-order valence-electron chi connectivity index (χ2n) is 6.36. The number of nitrogens with zero attached hydrogens (tertiary/aromatic N) is 2. The molecule has 0 bridgehead atoms. The van der Waals surface area contributed by atoms with E-state index in [9.17, 15) is 0 Å². The molecule has 3 rings (SSSR count). The first kappa shape index (κ1) is 14.8. The zero-order chi connectivity index (χ0) is 14.8. The van der Waals surface area contributed by atoms with Crippen LogP contribution < -0.4 is 10.5 Å². The van der Waals surface area contributed by atoms with Gasteiger partial charge in [-0.3, -0.25) is 9.80 Å².